The van der Waals surface area contributed by atoms with Gasteiger partial charge in [-0.3, -0.25) is 0 Å². The highest BCUT2D eigenvalue weighted by Gasteiger charge is 2.09. The minimum absolute atomic E-state index is 0.674. The van der Waals surface area contributed by atoms with Gasteiger partial charge in [0.15, 0.2) is 0 Å². The number of hydrogen-bond acceptors (Lipinski definition) is 4. The third-order valence-electron chi connectivity index (χ3n) is 5.87. The summed E-state index contributed by atoms with van der Waals surface area (Å²) >= 11 is 0. The van der Waals surface area contributed by atoms with Crippen LogP contribution in [-0.4, -0.2) is 31.1 Å². The number of aromatic nitrogens is 5. The van der Waals surface area contributed by atoms with E-state index in [0.29, 0.717) is 6.61 Å². The van der Waals surface area contributed by atoms with Gasteiger partial charge in [0.1, 0.15) is 11.6 Å². The molecule has 2 aromatic carbocycles. The van der Waals surface area contributed by atoms with Crippen LogP contribution in [0.25, 0.3) is 21.9 Å². The zero-order chi connectivity index (χ0) is 21.9. The van der Waals surface area contributed by atoms with Crippen LogP contribution in [0.3, 0.4) is 0 Å². The molecule has 0 atom stereocenters. The smallest absolute Gasteiger partial charge is 0.128 e. The van der Waals surface area contributed by atoms with Gasteiger partial charge in [0.25, 0.3) is 0 Å². The molecule has 3 aromatic heterocycles. The van der Waals surface area contributed by atoms with E-state index in [1.165, 1.54) is 16.5 Å². The molecule has 0 radical (unpaired) electrons. The van der Waals surface area contributed by atoms with E-state index >= 15 is 0 Å². The second-order valence-corrected chi connectivity index (χ2v) is 8.09. The van der Waals surface area contributed by atoms with Crippen LogP contribution in [0.2, 0.25) is 0 Å². The maximum absolute atomic E-state index is 5.66. The Hall–Kier alpha value is -3.67. The summed E-state index contributed by atoms with van der Waals surface area (Å²) in [6.07, 6.45) is 9.40. The van der Waals surface area contributed by atoms with E-state index in [1.54, 1.807) is 0 Å². The van der Waals surface area contributed by atoms with E-state index in [2.05, 4.69) is 51.5 Å². The van der Waals surface area contributed by atoms with Crippen molar-refractivity contribution < 1.29 is 4.74 Å². The van der Waals surface area contributed by atoms with E-state index in [-0.39, 0.29) is 0 Å². The molecule has 32 heavy (non-hydrogen) atoms. The fourth-order valence-electron chi connectivity index (χ4n) is 4.27. The summed E-state index contributed by atoms with van der Waals surface area (Å²) in [5.74, 6) is 1.81. The van der Waals surface area contributed by atoms with Gasteiger partial charge in [-0.15, -0.1) is 0 Å². The molecule has 0 fully saturated rings. The van der Waals surface area contributed by atoms with Crippen molar-refractivity contribution in [3.63, 3.8) is 0 Å². The van der Waals surface area contributed by atoms with Crippen molar-refractivity contribution in [2.75, 3.05) is 6.61 Å². The number of imidazole rings is 1. The Labute approximate surface area is 187 Å². The normalized spacial score (nSPS) is 11.4. The molecule has 0 aliphatic rings. The van der Waals surface area contributed by atoms with Crippen molar-refractivity contribution >= 4 is 21.9 Å². The maximum Gasteiger partial charge on any atom is 0.128 e. The quantitative estimate of drug-likeness (QED) is 0.379. The van der Waals surface area contributed by atoms with Gasteiger partial charge in [0.2, 0.25) is 0 Å². The minimum Gasteiger partial charge on any atom is -0.494 e. The molecule has 162 valence electrons. The Morgan fingerprint density at radius 3 is 2.88 bits per heavy atom. The summed E-state index contributed by atoms with van der Waals surface area (Å²) in [7, 11) is 2.02. The van der Waals surface area contributed by atoms with Crippen LogP contribution < -0.4 is 4.74 Å². The van der Waals surface area contributed by atoms with Crippen molar-refractivity contribution in [2.24, 2.45) is 7.05 Å². The van der Waals surface area contributed by atoms with E-state index in [1.807, 2.05) is 43.2 Å². The first-order valence-electron chi connectivity index (χ1n) is 11.1. The topological polar surface area (TPSA) is 68.6 Å². The molecule has 0 bridgehead atoms. The minimum atomic E-state index is 0.674. The Bertz CT molecular complexity index is 1370. The molecule has 0 spiro atoms. The Kier molecular flexibility index (Phi) is 5.58. The summed E-state index contributed by atoms with van der Waals surface area (Å²) in [5, 5.41) is 1.23. The van der Waals surface area contributed by atoms with Crippen LogP contribution in [0, 0.1) is 0 Å². The fourth-order valence-corrected chi connectivity index (χ4v) is 4.27. The first-order chi connectivity index (χ1) is 15.7. The Balaban J connectivity index is 1.27. The molecule has 1 N–H and O–H groups in total. The van der Waals surface area contributed by atoms with Gasteiger partial charge in [-0.1, -0.05) is 12.1 Å². The largest absolute Gasteiger partial charge is 0.494 e. The number of para-hydroxylation sites is 1. The number of H-pyrrole nitrogens is 1. The number of fused-ring (bicyclic) bond motifs is 2. The third kappa shape index (κ3) is 4.08. The molecule has 6 nitrogen and oxygen atoms in total. The molecule has 0 amide bonds. The van der Waals surface area contributed by atoms with Crippen molar-refractivity contribution in [1.82, 2.24) is 24.5 Å². The van der Waals surface area contributed by atoms with E-state index in [9.17, 15) is 0 Å². The average Bonchev–Trinajstić information content (AvgIpc) is 3.38. The van der Waals surface area contributed by atoms with Crippen LogP contribution in [0.4, 0.5) is 0 Å². The third-order valence-corrected chi connectivity index (χ3v) is 5.87. The number of aryl methyl sites for hydroxylation is 3. The first-order valence-corrected chi connectivity index (χ1v) is 11.1. The molecule has 0 aliphatic carbocycles. The van der Waals surface area contributed by atoms with Crippen LogP contribution in [0.1, 0.15) is 36.0 Å². The lowest BCUT2D eigenvalue weighted by Gasteiger charge is -2.06. The number of nitrogens with one attached hydrogen (secondary N) is 1. The Morgan fingerprint density at radius 2 is 1.97 bits per heavy atom. The predicted molar refractivity (Wildman–Crippen MR) is 127 cm³/mol. The molecule has 0 aliphatic heterocycles. The standard InChI is InChI=1S/C26H27N5O/c1-3-32-21-10-11-23-22(15-21)19(16-28-23)7-5-9-25-27-13-12-20(30-25)14-18-6-4-8-24-26(18)29-17-31(24)2/h4,6,8,10-13,15-17,28H,3,5,7,9,14H2,1-2H3. The van der Waals surface area contributed by atoms with Crippen molar-refractivity contribution in [2.45, 2.75) is 32.6 Å². The number of benzene rings is 2. The molecular formula is C26H27N5O. The monoisotopic (exact) mass is 425 g/mol. The summed E-state index contributed by atoms with van der Waals surface area (Å²) in [6, 6.07) is 14.5. The van der Waals surface area contributed by atoms with Gasteiger partial charge in [0, 0.05) is 48.9 Å². The van der Waals surface area contributed by atoms with Gasteiger partial charge in [0.05, 0.1) is 24.0 Å². The first kappa shape index (κ1) is 20.2. The van der Waals surface area contributed by atoms with Gasteiger partial charge in [-0.2, -0.15) is 0 Å². The molecule has 6 heteroatoms. The lowest BCUT2D eigenvalue weighted by Crippen LogP contribution is -2.01. The number of ether oxygens (including phenoxy) is 1. The fraction of sp³-hybridized carbons (Fsp3) is 0.269. The second kappa shape index (κ2) is 8.83. The van der Waals surface area contributed by atoms with Gasteiger partial charge in [-0.05, 0) is 61.2 Å². The highest BCUT2D eigenvalue weighted by molar-refractivity contribution is 5.84. The molecule has 0 saturated heterocycles. The maximum atomic E-state index is 5.66. The molecule has 0 unspecified atom stereocenters. The number of aromatic amines is 1. The van der Waals surface area contributed by atoms with E-state index < -0.39 is 0 Å². The number of nitrogens with zero attached hydrogens (tertiary/aromatic N) is 4. The average molecular weight is 426 g/mol. The molecule has 5 aromatic rings. The lowest BCUT2D eigenvalue weighted by atomic mass is 10.1. The van der Waals surface area contributed by atoms with Crippen molar-refractivity contribution in [1.29, 1.82) is 0 Å². The van der Waals surface area contributed by atoms with Crippen LogP contribution in [0.15, 0.2) is 61.2 Å². The number of hydrogen-bond donors (Lipinski definition) is 1. The second-order valence-electron chi connectivity index (χ2n) is 8.09. The molecule has 5 rings (SSSR count). The summed E-state index contributed by atoms with van der Waals surface area (Å²) < 4.78 is 7.71. The predicted octanol–water partition coefficient (Wildman–Crippen LogP) is 5.01. The molecular weight excluding hydrogens is 398 g/mol. The molecule has 3 heterocycles. The lowest BCUT2D eigenvalue weighted by molar-refractivity contribution is 0.340. The van der Waals surface area contributed by atoms with Crippen molar-refractivity contribution in [3.8, 4) is 5.75 Å². The van der Waals surface area contributed by atoms with Gasteiger partial charge < -0.3 is 14.3 Å². The number of rotatable bonds is 8. The van der Waals surface area contributed by atoms with E-state index in [4.69, 9.17) is 9.72 Å². The summed E-state index contributed by atoms with van der Waals surface area (Å²) in [4.78, 5) is 17.3. The zero-order valence-corrected chi connectivity index (χ0v) is 18.5. The highest BCUT2D eigenvalue weighted by Crippen LogP contribution is 2.25. The highest BCUT2D eigenvalue weighted by atomic mass is 16.5. The van der Waals surface area contributed by atoms with Crippen LogP contribution in [-0.2, 0) is 26.3 Å². The van der Waals surface area contributed by atoms with Crippen LogP contribution >= 0.6 is 0 Å². The van der Waals surface area contributed by atoms with Crippen molar-refractivity contribution in [3.05, 3.63) is 83.8 Å². The summed E-state index contributed by atoms with van der Waals surface area (Å²) in [5.41, 5.74) is 6.85. The van der Waals surface area contributed by atoms with E-state index in [0.717, 1.165) is 59.5 Å². The Morgan fingerprint density at radius 1 is 1.03 bits per heavy atom. The molecule has 0 saturated carbocycles. The summed E-state index contributed by atoms with van der Waals surface area (Å²) in [6.45, 7) is 2.68. The van der Waals surface area contributed by atoms with Crippen LogP contribution in [0.5, 0.6) is 5.75 Å². The van der Waals surface area contributed by atoms with Gasteiger partial charge >= 0.3 is 0 Å². The van der Waals surface area contributed by atoms with Gasteiger partial charge in [-0.25, -0.2) is 15.0 Å². The zero-order valence-electron chi connectivity index (χ0n) is 18.5. The SMILES string of the molecule is CCOc1ccc2[nH]cc(CCCc3nccc(Cc4cccc5c4ncn5C)n3)c2c1.